The number of hydrogen-bond donors (Lipinski definition) is 1. The zero-order valence-corrected chi connectivity index (χ0v) is 25.5. The molecule has 4 heteroatoms. The molecule has 0 atom stereocenters. The molecule has 2 heterocycles. The largest absolute Gasteiger partial charge is 0.507 e. The molecule has 0 bridgehead atoms. The summed E-state index contributed by atoms with van der Waals surface area (Å²) in [5.74, 6) is 1.91. The monoisotopic (exact) mass is 573 g/mol. The molecule has 2 aromatic heterocycles. The molecular weight excluding hydrogens is 538 g/mol. The van der Waals surface area contributed by atoms with Crippen LogP contribution in [0.15, 0.2) is 121 Å². The summed E-state index contributed by atoms with van der Waals surface area (Å²) in [6.07, 6.45) is 0. The highest BCUT2D eigenvalue weighted by Crippen LogP contribution is 2.39. The maximum absolute atomic E-state index is 11.0. The highest BCUT2D eigenvalue weighted by molar-refractivity contribution is 6.00. The Balaban J connectivity index is 1.48. The predicted octanol–water partition coefficient (Wildman–Crippen LogP) is 10.5. The Morgan fingerprint density at radius 2 is 1.30 bits per heavy atom. The number of phenolic OH excluding ortho intramolecular Hbond substituents is 1. The molecule has 1 N–H and O–H groups in total. The first-order valence-electron chi connectivity index (χ1n) is 15.3. The standard InChI is InChI=1S/C40H35N3O/c1-25(2)29-22-30(26(3)4)24-31(23-29)43-36-19-10-16-33(39(36)42-40(43)28-13-6-5-7-14-28)34-17-11-18-35(41-34)38-32-15-9-8-12-27(32)20-21-37(38)44/h5-26,44H,1-4H3. The minimum absolute atomic E-state index is 0.216. The smallest absolute Gasteiger partial charge is 0.145 e. The number of fused-ring (bicyclic) bond motifs is 2. The zero-order chi connectivity index (χ0) is 30.4. The third-order valence-electron chi connectivity index (χ3n) is 8.46. The number of imidazole rings is 1. The van der Waals surface area contributed by atoms with Gasteiger partial charge in [0.25, 0.3) is 0 Å². The second-order valence-corrected chi connectivity index (χ2v) is 12.1. The first-order valence-corrected chi connectivity index (χ1v) is 15.3. The Labute approximate surface area is 258 Å². The van der Waals surface area contributed by atoms with Gasteiger partial charge in [0.1, 0.15) is 11.6 Å². The van der Waals surface area contributed by atoms with E-state index in [4.69, 9.17) is 9.97 Å². The minimum atomic E-state index is 0.216. The lowest BCUT2D eigenvalue weighted by Gasteiger charge is -2.17. The highest BCUT2D eigenvalue weighted by atomic mass is 16.3. The Bertz CT molecular complexity index is 2110. The molecule has 0 aliphatic rings. The van der Waals surface area contributed by atoms with Crippen LogP contribution in [0.4, 0.5) is 0 Å². The van der Waals surface area contributed by atoms with Crippen LogP contribution in [0.5, 0.6) is 5.75 Å². The van der Waals surface area contributed by atoms with E-state index >= 15 is 0 Å². The number of hydrogen-bond acceptors (Lipinski definition) is 3. The summed E-state index contributed by atoms with van der Waals surface area (Å²) < 4.78 is 2.30. The third-order valence-corrected chi connectivity index (χ3v) is 8.46. The SMILES string of the molecule is CC(C)c1cc(C(C)C)cc(-n2c(-c3ccccc3)nc3c(-c4cccc(-c5c(O)ccc6ccccc56)n4)cccc32)c1. The molecule has 0 saturated carbocycles. The molecule has 4 nitrogen and oxygen atoms in total. The van der Waals surface area contributed by atoms with Crippen molar-refractivity contribution in [2.45, 2.75) is 39.5 Å². The Hall–Kier alpha value is -5.22. The summed E-state index contributed by atoms with van der Waals surface area (Å²) in [5.41, 5.74) is 9.92. The molecule has 0 unspecified atom stereocenters. The van der Waals surface area contributed by atoms with Gasteiger partial charge >= 0.3 is 0 Å². The van der Waals surface area contributed by atoms with Gasteiger partial charge in [-0.05, 0) is 70.1 Å². The van der Waals surface area contributed by atoms with Crippen molar-refractivity contribution in [3.8, 4) is 45.3 Å². The van der Waals surface area contributed by atoms with Crippen molar-refractivity contribution in [3.63, 3.8) is 0 Å². The van der Waals surface area contributed by atoms with Crippen LogP contribution >= 0.6 is 0 Å². The molecule has 5 aromatic carbocycles. The van der Waals surface area contributed by atoms with E-state index in [1.165, 1.54) is 11.1 Å². The van der Waals surface area contributed by atoms with Crippen molar-refractivity contribution in [2.24, 2.45) is 0 Å². The fourth-order valence-corrected chi connectivity index (χ4v) is 6.06. The van der Waals surface area contributed by atoms with Crippen LogP contribution in [0.2, 0.25) is 0 Å². The molecule has 0 aliphatic heterocycles. The highest BCUT2D eigenvalue weighted by Gasteiger charge is 2.20. The maximum atomic E-state index is 11.0. The van der Waals surface area contributed by atoms with Crippen molar-refractivity contribution in [1.29, 1.82) is 0 Å². The van der Waals surface area contributed by atoms with E-state index in [-0.39, 0.29) is 5.75 Å². The van der Waals surface area contributed by atoms with Crippen molar-refractivity contribution < 1.29 is 5.11 Å². The van der Waals surface area contributed by atoms with Crippen molar-refractivity contribution in [1.82, 2.24) is 14.5 Å². The van der Waals surface area contributed by atoms with Gasteiger partial charge in [0.05, 0.1) is 22.4 Å². The van der Waals surface area contributed by atoms with Crippen LogP contribution in [0, 0.1) is 0 Å². The molecule has 216 valence electrons. The first kappa shape index (κ1) is 27.6. The number of nitrogens with zero attached hydrogens (tertiary/aromatic N) is 3. The van der Waals surface area contributed by atoms with Crippen LogP contribution in [0.1, 0.15) is 50.7 Å². The number of aromatic nitrogens is 3. The first-order chi connectivity index (χ1) is 21.4. The summed E-state index contributed by atoms with van der Waals surface area (Å²) in [4.78, 5) is 10.5. The van der Waals surface area contributed by atoms with E-state index in [9.17, 15) is 5.11 Å². The van der Waals surface area contributed by atoms with Gasteiger partial charge in [-0.2, -0.15) is 0 Å². The van der Waals surface area contributed by atoms with E-state index in [0.29, 0.717) is 11.8 Å². The van der Waals surface area contributed by atoms with Gasteiger partial charge in [0.15, 0.2) is 0 Å². The second kappa shape index (κ2) is 11.1. The van der Waals surface area contributed by atoms with Crippen LogP contribution in [0.3, 0.4) is 0 Å². The van der Waals surface area contributed by atoms with Gasteiger partial charge in [-0.15, -0.1) is 0 Å². The van der Waals surface area contributed by atoms with Crippen LogP contribution < -0.4 is 0 Å². The third kappa shape index (κ3) is 4.83. The lowest BCUT2D eigenvalue weighted by molar-refractivity contribution is 0.478. The lowest BCUT2D eigenvalue weighted by Crippen LogP contribution is -2.02. The number of para-hydroxylation sites is 1. The van der Waals surface area contributed by atoms with E-state index in [0.717, 1.165) is 61.4 Å². The van der Waals surface area contributed by atoms with Gasteiger partial charge in [0.2, 0.25) is 0 Å². The van der Waals surface area contributed by atoms with Crippen molar-refractivity contribution in [2.75, 3.05) is 0 Å². The summed E-state index contributed by atoms with van der Waals surface area (Å²) in [7, 11) is 0. The molecule has 0 fully saturated rings. The second-order valence-electron chi connectivity index (χ2n) is 12.1. The van der Waals surface area contributed by atoms with Gasteiger partial charge in [0, 0.05) is 22.4 Å². The zero-order valence-electron chi connectivity index (χ0n) is 25.5. The molecule has 0 radical (unpaired) electrons. The quantitative estimate of drug-likeness (QED) is 0.215. The Morgan fingerprint density at radius 3 is 2.05 bits per heavy atom. The van der Waals surface area contributed by atoms with Gasteiger partial charge in [-0.3, -0.25) is 4.57 Å². The number of pyridine rings is 1. The van der Waals surface area contributed by atoms with E-state index in [2.05, 4.69) is 99.0 Å². The summed E-state index contributed by atoms with van der Waals surface area (Å²) >= 11 is 0. The Kier molecular flexibility index (Phi) is 6.98. The van der Waals surface area contributed by atoms with Crippen molar-refractivity contribution in [3.05, 3.63) is 132 Å². The van der Waals surface area contributed by atoms with Crippen LogP contribution in [-0.2, 0) is 0 Å². The van der Waals surface area contributed by atoms with E-state index in [1.54, 1.807) is 6.07 Å². The van der Waals surface area contributed by atoms with Gasteiger partial charge < -0.3 is 5.11 Å². The number of rotatable bonds is 6. The molecule has 0 aliphatic carbocycles. The summed E-state index contributed by atoms with van der Waals surface area (Å²) in [5, 5.41) is 13.0. The topological polar surface area (TPSA) is 50.9 Å². The van der Waals surface area contributed by atoms with Crippen molar-refractivity contribution >= 4 is 21.8 Å². The summed E-state index contributed by atoms with van der Waals surface area (Å²) in [6, 6.07) is 41.4. The van der Waals surface area contributed by atoms with Crippen LogP contribution in [0.25, 0.3) is 61.4 Å². The molecule has 7 rings (SSSR count). The number of benzene rings is 5. The lowest BCUT2D eigenvalue weighted by atomic mass is 9.94. The van der Waals surface area contributed by atoms with Gasteiger partial charge in [-0.1, -0.05) is 113 Å². The molecule has 0 spiro atoms. The van der Waals surface area contributed by atoms with Crippen LogP contribution in [-0.4, -0.2) is 19.6 Å². The molecular formula is C40H35N3O. The predicted molar refractivity (Wildman–Crippen MR) is 183 cm³/mol. The van der Waals surface area contributed by atoms with E-state index in [1.807, 2.05) is 48.5 Å². The number of phenols is 1. The molecule has 7 aromatic rings. The fraction of sp³-hybridized carbons (Fsp3) is 0.150. The molecule has 44 heavy (non-hydrogen) atoms. The van der Waals surface area contributed by atoms with E-state index < -0.39 is 0 Å². The number of aromatic hydroxyl groups is 1. The molecule has 0 saturated heterocycles. The normalized spacial score (nSPS) is 11.7. The fourth-order valence-electron chi connectivity index (χ4n) is 6.06. The Morgan fingerprint density at radius 1 is 0.614 bits per heavy atom. The van der Waals surface area contributed by atoms with Gasteiger partial charge in [-0.25, -0.2) is 9.97 Å². The average Bonchev–Trinajstić information content (AvgIpc) is 3.45. The average molecular weight is 574 g/mol. The summed E-state index contributed by atoms with van der Waals surface area (Å²) in [6.45, 7) is 8.99. The molecule has 0 amide bonds. The minimum Gasteiger partial charge on any atom is -0.507 e. The maximum Gasteiger partial charge on any atom is 0.145 e.